The summed E-state index contributed by atoms with van der Waals surface area (Å²) in [6, 6.07) is 32.3. The normalized spacial score (nSPS) is 12.0. The third kappa shape index (κ3) is 8.63. The second-order valence-electron chi connectivity index (χ2n) is 18.7. The van der Waals surface area contributed by atoms with Crippen LogP contribution in [-0.4, -0.2) is 6.15 Å². The van der Waals surface area contributed by atoms with Gasteiger partial charge in [0, 0.05) is 0 Å². The van der Waals surface area contributed by atoms with E-state index in [0.717, 1.165) is 0 Å². The predicted octanol–water partition coefficient (Wildman–Crippen LogP) is 15.0. The Morgan fingerprint density at radius 2 is 0.295 bits per heavy atom. The van der Waals surface area contributed by atoms with Gasteiger partial charge in [0.1, 0.15) is 29.4 Å². The lowest BCUT2D eigenvalue weighted by atomic mass is 9.11. The molecule has 0 heterocycles. The van der Waals surface area contributed by atoms with Gasteiger partial charge >= 0.3 is 0 Å². The first kappa shape index (κ1) is 62.1. The van der Waals surface area contributed by atoms with Gasteiger partial charge in [-0.25, -0.2) is 123 Å². The summed E-state index contributed by atoms with van der Waals surface area (Å²) in [5.41, 5.74) is -15.5. The molecule has 11 aromatic carbocycles. The van der Waals surface area contributed by atoms with Crippen molar-refractivity contribution in [1.82, 2.24) is 0 Å². The summed E-state index contributed by atoms with van der Waals surface area (Å²) in [4.78, 5) is 0. The number of hydrogen-bond donors (Lipinski definition) is 0. The van der Waals surface area contributed by atoms with Crippen LogP contribution in [0.1, 0.15) is 0 Å². The molecule has 0 atom stereocenters. The molecule has 30 heteroatoms. The smallest absolute Gasteiger partial charge is 0.198 e. The van der Waals surface area contributed by atoms with Crippen molar-refractivity contribution in [2.45, 2.75) is 0 Å². The second kappa shape index (κ2) is 22.3. The van der Waals surface area contributed by atoms with Gasteiger partial charge < -0.3 is 0 Å². The number of benzene rings is 11. The molecule has 88 heavy (non-hydrogen) atoms. The van der Waals surface area contributed by atoms with Crippen LogP contribution in [-0.2, 0) is 0 Å². The van der Waals surface area contributed by atoms with Crippen molar-refractivity contribution in [3.05, 3.63) is 254 Å². The van der Waals surface area contributed by atoms with Crippen LogP contribution in [0.4, 0.5) is 123 Å². The molecule has 0 N–H and O–H groups in total. The quantitative estimate of drug-likeness (QED) is 0.0490. The molecule has 0 aliphatic rings. The van der Waals surface area contributed by atoms with Crippen molar-refractivity contribution in [2.75, 3.05) is 0 Å². The van der Waals surface area contributed by atoms with Gasteiger partial charge in [-0.3, -0.25) is 0 Å². The lowest BCUT2D eigenvalue weighted by Gasteiger charge is -2.47. The number of fused-ring (bicyclic) bond motifs is 4. The highest BCUT2D eigenvalue weighted by Gasteiger charge is 2.52. The Kier molecular flexibility index (Phi) is 15.7. The maximum absolute atomic E-state index is 17.3. The molecule has 0 aliphatic carbocycles. The Bertz CT molecular complexity index is 4220. The fraction of sp³-hybridized carbons (Fsp3) is 0. The maximum Gasteiger partial charge on any atom is 0.198 e. The zero-order valence-electron chi connectivity index (χ0n) is 41.8. The molecule has 0 aromatic heterocycles. The lowest BCUT2D eigenvalue weighted by Crippen LogP contribution is -2.79. The SMILES string of the molecule is Fc1c(F)c(F)c2c([B-](c3c(F)c(F)c(F)c4c(F)c(F)c(F)c(F)c34)(c3c(F)c(F)c(F)c4c(F)c(F)c(F)c(F)c34)c3c(F)c(F)c(F)c4c(F)c(F)c(F)c(F)c34)c(F)c(F)c(F)c2c1F.c1ccc(P(c2ccccc2)c2ccccc2)cc1. The molecule has 452 valence electrons. The Morgan fingerprint density at radius 3 is 0.455 bits per heavy atom. The van der Waals surface area contributed by atoms with Crippen LogP contribution in [0.2, 0.25) is 0 Å². The van der Waals surface area contributed by atoms with Gasteiger partial charge in [0.05, 0.1) is 21.5 Å². The van der Waals surface area contributed by atoms with E-state index in [4.69, 9.17) is 0 Å². The number of halogens is 28. The molecule has 0 radical (unpaired) electrons. The van der Waals surface area contributed by atoms with E-state index in [2.05, 4.69) is 91.0 Å². The predicted molar refractivity (Wildman–Crippen MR) is 264 cm³/mol. The van der Waals surface area contributed by atoms with E-state index in [1.807, 2.05) is 0 Å². The Balaban J connectivity index is 0.000000380. The topological polar surface area (TPSA) is 0 Å². The fourth-order valence-electron chi connectivity index (χ4n) is 10.8. The molecule has 0 unspecified atom stereocenters. The number of rotatable bonds is 7. The maximum atomic E-state index is 17.3. The average molecular weight is 1290 g/mol. The Hall–Kier alpha value is -9.01. The third-order valence-electron chi connectivity index (χ3n) is 14.3. The van der Waals surface area contributed by atoms with Gasteiger partial charge in [0.15, 0.2) is 140 Å². The molecule has 11 aromatic rings. The molecular formula is C58H15BF28P-. The standard InChI is InChI=1S/C40BF28.C18H15P/c42-13-1-5(21(50)37(66)33(13)62)17(46)29(58)25(54)9(1)41(10-2-6(18(47)30(59)26(10)55)22(51)38(67)34(63)14(2)43,11-3-7(19(48)31(60)27(11)56)23(52)39(68)35(64)15(3)44)12-4-8(20(49)32(61)28(12)57)24(53)40(69)36(65)16(4)45;1-4-10-16(11-5-1)19(17-12-6-2-7-13-17)18-14-8-3-9-15-18/h;1-15H/q-1;. The first-order valence-corrected chi connectivity index (χ1v) is 25.2. The van der Waals surface area contributed by atoms with Crippen molar-refractivity contribution in [3.8, 4) is 0 Å². The number of hydrogen-bond acceptors (Lipinski definition) is 0. The molecule has 0 nitrogen and oxygen atoms in total. The molecule has 0 saturated carbocycles. The summed E-state index contributed by atoms with van der Waals surface area (Å²) < 4.78 is 446. The summed E-state index contributed by atoms with van der Waals surface area (Å²) in [6.07, 6.45) is -8.05. The van der Waals surface area contributed by atoms with Gasteiger partial charge in [0.25, 0.3) is 0 Å². The highest BCUT2D eigenvalue weighted by Crippen LogP contribution is 2.42. The molecule has 0 amide bonds. The van der Waals surface area contributed by atoms with Gasteiger partial charge in [-0.15, -0.1) is 21.9 Å². The van der Waals surface area contributed by atoms with E-state index >= 15 is 105 Å². The molecule has 0 bridgehead atoms. The lowest BCUT2D eigenvalue weighted by molar-refractivity contribution is 0.410. The van der Waals surface area contributed by atoms with Crippen molar-refractivity contribution in [2.24, 2.45) is 0 Å². The Labute approximate surface area is 470 Å². The van der Waals surface area contributed by atoms with Gasteiger partial charge in [-0.05, 0) is 45.4 Å². The molecule has 0 fully saturated rings. The minimum atomic E-state index is -8.05. The minimum absolute atomic E-state index is 0.446. The Morgan fingerprint density at radius 1 is 0.159 bits per heavy atom. The van der Waals surface area contributed by atoms with Crippen molar-refractivity contribution >= 4 is 94.9 Å². The highest BCUT2D eigenvalue weighted by molar-refractivity contribution is 7.79. The van der Waals surface area contributed by atoms with Crippen LogP contribution < -0.4 is 37.8 Å². The van der Waals surface area contributed by atoms with Crippen LogP contribution in [0.3, 0.4) is 0 Å². The molecule has 0 saturated heterocycles. The van der Waals surface area contributed by atoms with Crippen LogP contribution in [0.5, 0.6) is 0 Å². The van der Waals surface area contributed by atoms with Crippen molar-refractivity contribution in [3.63, 3.8) is 0 Å². The van der Waals surface area contributed by atoms with Gasteiger partial charge in [-0.1, -0.05) is 91.0 Å². The molecule has 11 rings (SSSR count). The van der Waals surface area contributed by atoms with Crippen molar-refractivity contribution in [1.29, 1.82) is 0 Å². The van der Waals surface area contributed by atoms with Crippen LogP contribution in [0.15, 0.2) is 91.0 Å². The van der Waals surface area contributed by atoms with E-state index in [1.54, 1.807) is 0 Å². The zero-order valence-corrected chi connectivity index (χ0v) is 42.7. The molecule has 0 spiro atoms. The van der Waals surface area contributed by atoms with E-state index < -0.39 is 242 Å². The summed E-state index contributed by atoms with van der Waals surface area (Å²) in [5, 5.41) is -22.8. The van der Waals surface area contributed by atoms with Crippen LogP contribution in [0, 0.1) is 163 Å². The second-order valence-corrected chi connectivity index (χ2v) is 20.9. The monoisotopic (exact) mass is 1290 g/mol. The fourth-order valence-corrected chi connectivity index (χ4v) is 13.1. The minimum Gasteiger partial charge on any atom is -0.207 e. The summed E-state index contributed by atoms with van der Waals surface area (Å²) >= 11 is 0. The first-order chi connectivity index (χ1) is 41.4. The van der Waals surface area contributed by atoms with E-state index in [9.17, 15) is 17.6 Å². The first-order valence-electron chi connectivity index (χ1n) is 23.8. The summed E-state index contributed by atoms with van der Waals surface area (Å²) in [7, 11) is -0.446. The largest absolute Gasteiger partial charge is 0.207 e. The van der Waals surface area contributed by atoms with Gasteiger partial charge in [-0.2, -0.15) is 0 Å². The van der Waals surface area contributed by atoms with Crippen LogP contribution in [0.25, 0.3) is 43.1 Å². The van der Waals surface area contributed by atoms with E-state index in [1.165, 1.54) is 15.9 Å². The molecule has 0 aliphatic heterocycles. The third-order valence-corrected chi connectivity index (χ3v) is 16.7. The van der Waals surface area contributed by atoms with E-state index in [0.29, 0.717) is 0 Å². The van der Waals surface area contributed by atoms with Gasteiger partial charge in [0.2, 0.25) is 0 Å². The van der Waals surface area contributed by atoms with Crippen molar-refractivity contribution < 1.29 is 123 Å². The molecular weight excluding hydrogens is 1270 g/mol. The summed E-state index contributed by atoms with van der Waals surface area (Å²) in [5.74, 6) is -104. The van der Waals surface area contributed by atoms with Crippen LogP contribution >= 0.6 is 7.92 Å². The zero-order chi connectivity index (χ0) is 64.5. The highest BCUT2D eigenvalue weighted by atomic mass is 31.1. The van der Waals surface area contributed by atoms with E-state index in [-0.39, 0.29) is 0 Å². The average Bonchev–Trinajstić information content (AvgIpc) is 0.665. The summed E-state index contributed by atoms with van der Waals surface area (Å²) in [6.45, 7) is 0.